The summed E-state index contributed by atoms with van der Waals surface area (Å²) in [4.78, 5) is 0. The highest BCUT2D eigenvalue weighted by Crippen LogP contribution is 2.75. The number of aliphatic hydroxyl groups is 2. The van der Waals surface area contributed by atoms with Gasteiger partial charge in [0.05, 0.1) is 18.3 Å². The molecule has 5 rings (SSSR count). The minimum atomic E-state index is -0.312. The molecule has 4 fully saturated rings. The molecule has 5 aliphatic carbocycles. The maximum Gasteiger partial charge on any atom is 0.0793 e. The first-order valence-electron chi connectivity index (χ1n) is 14.3. The second kappa shape index (κ2) is 7.57. The van der Waals surface area contributed by atoms with Crippen LogP contribution in [0.5, 0.6) is 0 Å². The quantitative estimate of drug-likeness (QED) is 0.422. The summed E-state index contributed by atoms with van der Waals surface area (Å²) in [6.45, 7) is 19.4. The molecule has 0 aromatic rings. The van der Waals surface area contributed by atoms with Crippen LogP contribution < -0.4 is 0 Å². The second-order valence-corrected chi connectivity index (χ2v) is 15.1. The molecule has 3 nitrogen and oxygen atoms in total. The van der Waals surface area contributed by atoms with Gasteiger partial charge in [-0.05, 0) is 90.3 Å². The van der Waals surface area contributed by atoms with E-state index in [1.54, 1.807) is 0 Å². The SMILES string of the molecule is CO[C@@H]1C=C2[C@@H]3[C@@H](C)[C@H](C)CC[C@]3(C)C[C@H](O)[C@@]2(C)[C@]2(C)CC[C@H]3C(C)(C)[C@@H](O)CC[C@]3(C)[C@@H]12. The predicted octanol–water partition coefficient (Wildman–Crippen LogP) is 6.62. The van der Waals surface area contributed by atoms with E-state index in [2.05, 4.69) is 61.5 Å². The van der Waals surface area contributed by atoms with Crippen molar-refractivity contribution in [2.24, 2.45) is 56.7 Å². The van der Waals surface area contributed by atoms with Crippen LogP contribution in [0.2, 0.25) is 0 Å². The number of rotatable bonds is 1. The van der Waals surface area contributed by atoms with E-state index in [9.17, 15) is 10.2 Å². The first-order valence-corrected chi connectivity index (χ1v) is 14.3. The zero-order valence-corrected chi connectivity index (χ0v) is 23.4. The number of methoxy groups -OCH3 is 1. The van der Waals surface area contributed by atoms with Crippen molar-refractivity contribution in [2.75, 3.05) is 7.11 Å². The van der Waals surface area contributed by atoms with Gasteiger partial charge < -0.3 is 14.9 Å². The Hall–Kier alpha value is -0.380. The summed E-state index contributed by atoms with van der Waals surface area (Å²) >= 11 is 0. The summed E-state index contributed by atoms with van der Waals surface area (Å²) in [6, 6.07) is 0. The van der Waals surface area contributed by atoms with Crippen molar-refractivity contribution in [3.8, 4) is 0 Å². The molecular weight excluding hydrogens is 420 g/mol. The van der Waals surface area contributed by atoms with Crippen LogP contribution in [0.3, 0.4) is 0 Å². The lowest BCUT2D eigenvalue weighted by molar-refractivity contribution is -0.246. The molecule has 0 aromatic carbocycles. The molecule has 0 aliphatic heterocycles. The van der Waals surface area contributed by atoms with Crippen LogP contribution in [0, 0.1) is 56.7 Å². The number of ether oxygens (including phenoxy) is 1. The van der Waals surface area contributed by atoms with Gasteiger partial charge in [0.25, 0.3) is 0 Å². The minimum Gasteiger partial charge on any atom is -0.393 e. The Labute approximate surface area is 209 Å². The van der Waals surface area contributed by atoms with Crippen molar-refractivity contribution < 1.29 is 14.9 Å². The third kappa shape index (κ3) is 2.87. The molecule has 2 N–H and O–H groups in total. The van der Waals surface area contributed by atoms with Gasteiger partial charge in [-0.15, -0.1) is 0 Å². The Morgan fingerprint density at radius 2 is 1.56 bits per heavy atom. The molecule has 0 aromatic heterocycles. The lowest BCUT2D eigenvalue weighted by Crippen LogP contribution is -2.70. The minimum absolute atomic E-state index is 0.0253. The Kier molecular flexibility index (Phi) is 5.63. The van der Waals surface area contributed by atoms with Crippen molar-refractivity contribution in [1.29, 1.82) is 0 Å². The highest BCUT2D eigenvalue weighted by Gasteiger charge is 2.72. The van der Waals surface area contributed by atoms with E-state index in [0.29, 0.717) is 23.7 Å². The maximum absolute atomic E-state index is 12.1. The van der Waals surface area contributed by atoms with Crippen LogP contribution in [-0.4, -0.2) is 35.6 Å². The summed E-state index contributed by atoms with van der Waals surface area (Å²) in [5, 5.41) is 23.1. The average Bonchev–Trinajstić information content (AvgIpc) is 2.75. The molecule has 0 amide bonds. The maximum atomic E-state index is 12.1. The predicted molar refractivity (Wildman–Crippen MR) is 138 cm³/mol. The monoisotopic (exact) mass is 472 g/mol. The van der Waals surface area contributed by atoms with E-state index < -0.39 is 0 Å². The molecule has 34 heavy (non-hydrogen) atoms. The fourth-order valence-corrected chi connectivity index (χ4v) is 11.3. The molecule has 0 radical (unpaired) electrons. The summed E-state index contributed by atoms with van der Waals surface area (Å²) in [7, 11) is 1.91. The second-order valence-electron chi connectivity index (χ2n) is 15.1. The van der Waals surface area contributed by atoms with Gasteiger partial charge in [0.1, 0.15) is 0 Å². The van der Waals surface area contributed by atoms with Gasteiger partial charge in [0.2, 0.25) is 0 Å². The standard InChI is InChI=1S/C31H52O3/c1-18-10-13-28(5)17-24(33)31(8)20(25(28)19(18)2)16-21(34-9)26-29(6)14-12-23(32)27(3,4)22(29)11-15-30(26,31)7/h16,18-19,21-26,32-33H,10-15,17H2,1-9H3/t18-,19+,21-,22+,23+,24+,25+,26-,28-,29+,30-,31+/m1/s1. The zero-order chi connectivity index (χ0) is 25.1. The van der Waals surface area contributed by atoms with E-state index >= 15 is 0 Å². The molecule has 0 unspecified atom stereocenters. The molecular formula is C31H52O3. The lowest BCUT2D eigenvalue weighted by atomic mass is 9.32. The topological polar surface area (TPSA) is 49.7 Å². The Morgan fingerprint density at radius 1 is 0.882 bits per heavy atom. The van der Waals surface area contributed by atoms with Gasteiger partial charge in [-0.3, -0.25) is 0 Å². The lowest BCUT2D eigenvalue weighted by Gasteiger charge is -2.73. The molecule has 12 atom stereocenters. The molecule has 0 heterocycles. The molecule has 5 aliphatic rings. The smallest absolute Gasteiger partial charge is 0.0793 e. The fraction of sp³-hybridized carbons (Fsp3) is 0.935. The van der Waals surface area contributed by atoms with E-state index in [-0.39, 0.29) is 45.4 Å². The summed E-state index contributed by atoms with van der Waals surface area (Å²) in [5.74, 6) is 2.69. The molecule has 0 bridgehead atoms. The third-order valence-corrected chi connectivity index (χ3v) is 13.6. The highest BCUT2D eigenvalue weighted by atomic mass is 16.5. The van der Waals surface area contributed by atoms with Crippen LogP contribution >= 0.6 is 0 Å². The number of hydrogen-bond acceptors (Lipinski definition) is 3. The van der Waals surface area contributed by atoms with Crippen molar-refractivity contribution in [2.45, 2.75) is 119 Å². The van der Waals surface area contributed by atoms with Gasteiger partial charge in [0.15, 0.2) is 0 Å². The Bertz CT molecular complexity index is 863. The fourth-order valence-electron chi connectivity index (χ4n) is 11.3. The number of fused-ring (bicyclic) bond motifs is 7. The molecule has 4 saturated carbocycles. The number of hydrogen-bond donors (Lipinski definition) is 2. The van der Waals surface area contributed by atoms with Crippen LogP contribution in [0.4, 0.5) is 0 Å². The van der Waals surface area contributed by atoms with E-state index in [4.69, 9.17) is 4.74 Å². The van der Waals surface area contributed by atoms with Crippen molar-refractivity contribution >= 4 is 0 Å². The van der Waals surface area contributed by atoms with Gasteiger partial charge in [0, 0.05) is 18.4 Å². The van der Waals surface area contributed by atoms with Gasteiger partial charge in [-0.2, -0.15) is 0 Å². The zero-order valence-electron chi connectivity index (χ0n) is 23.4. The van der Waals surface area contributed by atoms with Crippen LogP contribution in [-0.2, 0) is 4.74 Å². The van der Waals surface area contributed by atoms with Crippen molar-refractivity contribution in [3.63, 3.8) is 0 Å². The molecule has 0 saturated heterocycles. The Balaban J connectivity index is 1.69. The van der Waals surface area contributed by atoms with E-state index in [1.807, 2.05) is 7.11 Å². The summed E-state index contributed by atoms with van der Waals surface area (Å²) in [6.07, 6.45) is 9.63. The number of aliphatic hydroxyl groups excluding tert-OH is 2. The average molecular weight is 473 g/mol. The van der Waals surface area contributed by atoms with Gasteiger partial charge in [-0.1, -0.05) is 67.0 Å². The van der Waals surface area contributed by atoms with Crippen LogP contribution in [0.1, 0.15) is 100 Å². The third-order valence-electron chi connectivity index (χ3n) is 13.6. The normalized spacial score (nSPS) is 58.6. The van der Waals surface area contributed by atoms with E-state index in [0.717, 1.165) is 38.0 Å². The van der Waals surface area contributed by atoms with Gasteiger partial charge >= 0.3 is 0 Å². The first-order chi connectivity index (χ1) is 15.7. The van der Waals surface area contributed by atoms with Crippen LogP contribution in [0.25, 0.3) is 0 Å². The van der Waals surface area contributed by atoms with Crippen LogP contribution in [0.15, 0.2) is 11.6 Å². The molecule has 0 spiro atoms. The largest absolute Gasteiger partial charge is 0.393 e. The van der Waals surface area contributed by atoms with Gasteiger partial charge in [-0.25, -0.2) is 0 Å². The van der Waals surface area contributed by atoms with E-state index in [1.165, 1.54) is 18.4 Å². The first kappa shape index (κ1) is 25.3. The summed E-state index contributed by atoms with van der Waals surface area (Å²) in [5.41, 5.74) is 1.45. The Morgan fingerprint density at radius 3 is 2.21 bits per heavy atom. The molecule has 3 heteroatoms. The van der Waals surface area contributed by atoms with Crippen molar-refractivity contribution in [1.82, 2.24) is 0 Å². The highest BCUT2D eigenvalue weighted by molar-refractivity contribution is 5.37. The molecule has 194 valence electrons. The van der Waals surface area contributed by atoms with Crippen molar-refractivity contribution in [3.05, 3.63) is 11.6 Å². The summed E-state index contributed by atoms with van der Waals surface area (Å²) < 4.78 is 6.42.